The summed E-state index contributed by atoms with van der Waals surface area (Å²) in [7, 11) is 1.31. The molecule has 23 heavy (non-hydrogen) atoms. The van der Waals surface area contributed by atoms with E-state index >= 15 is 0 Å². The summed E-state index contributed by atoms with van der Waals surface area (Å²) in [5, 5.41) is 2.58. The number of furan rings is 1. The zero-order valence-electron chi connectivity index (χ0n) is 13.7. The van der Waals surface area contributed by atoms with Crippen LogP contribution in [0.4, 0.5) is 0 Å². The quantitative estimate of drug-likeness (QED) is 0.758. The minimum absolute atomic E-state index is 0.0542. The van der Waals surface area contributed by atoms with E-state index in [0.29, 0.717) is 11.5 Å². The van der Waals surface area contributed by atoms with Gasteiger partial charge in [0.2, 0.25) is 5.91 Å². The molecule has 7 heteroatoms. The predicted octanol–water partition coefficient (Wildman–Crippen LogP) is 2.66. The average molecular weight is 336 g/mol. The Bertz CT molecular complexity index is 690. The molecular formula is C16H20N2O4S. The van der Waals surface area contributed by atoms with Crippen molar-refractivity contribution in [3.8, 4) is 10.8 Å². The van der Waals surface area contributed by atoms with Crippen molar-refractivity contribution in [3.63, 3.8) is 0 Å². The Morgan fingerprint density at radius 3 is 2.70 bits per heavy atom. The molecule has 0 aliphatic heterocycles. The third-order valence-corrected chi connectivity index (χ3v) is 4.21. The largest absolute Gasteiger partial charge is 0.468 e. The molecule has 0 saturated carbocycles. The van der Waals surface area contributed by atoms with Gasteiger partial charge in [-0.25, -0.2) is 4.98 Å². The predicted molar refractivity (Wildman–Crippen MR) is 87.1 cm³/mol. The van der Waals surface area contributed by atoms with Gasteiger partial charge < -0.3 is 14.1 Å². The molecule has 2 heterocycles. The molecule has 6 nitrogen and oxygen atoms in total. The molecule has 0 saturated heterocycles. The second-order valence-corrected chi connectivity index (χ2v) is 6.28. The first-order valence-electron chi connectivity index (χ1n) is 7.28. The van der Waals surface area contributed by atoms with Gasteiger partial charge in [-0.1, -0.05) is 0 Å². The van der Waals surface area contributed by atoms with Crippen LogP contribution < -0.4 is 0 Å². The highest BCUT2D eigenvalue weighted by Crippen LogP contribution is 2.25. The average Bonchev–Trinajstić information content (AvgIpc) is 3.12. The number of hydrogen-bond acceptors (Lipinski definition) is 6. The highest BCUT2D eigenvalue weighted by molar-refractivity contribution is 7.13. The van der Waals surface area contributed by atoms with Crippen molar-refractivity contribution in [1.29, 1.82) is 0 Å². The van der Waals surface area contributed by atoms with E-state index in [9.17, 15) is 9.59 Å². The molecule has 0 spiro atoms. The normalized spacial score (nSPS) is 10.8. The second kappa shape index (κ2) is 7.41. The lowest BCUT2D eigenvalue weighted by Gasteiger charge is -2.25. The van der Waals surface area contributed by atoms with E-state index in [-0.39, 0.29) is 24.9 Å². The molecule has 0 aliphatic carbocycles. The molecule has 0 aromatic carbocycles. The lowest BCUT2D eigenvalue weighted by atomic mass is 10.2. The van der Waals surface area contributed by atoms with Crippen molar-refractivity contribution < 1.29 is 18.7 Å². The Hall–Kier alpha value is -2.15. The Balaban J connectivity index is 2.07. The summed E-state index contributed by atoms with van der Waals surface area (Å²) < 4.78 is 10.2. The van der Waals surface area contributed by atoms with Crippen molar-refractivity contribution in [2.45, 2.75) is 33.2 Å². The zero-order valence-corrected chi connectivity index (χ0v) is 14.5. The third kappa shape index (κ3) is 4.41. The van der Waals surface area contributed by atoms with Gasteiger partial charge in [0.05, 0.1) is 19.2 Å². The van der Waals surface area contributed by atoms with Crippen LogP contribution in [-0.4, -0.2) is 41.5 Å². The van der Waals surface area contributed by atoms with Crippen LogP contribution in [0.1, 0.15) is 25.3 Å². The topological polar surface area (TPSA) is 72.6 Å². The number of aryl methyl sites for hydroxylation is 1. The maximum atomic E-state index is 12.4. The first-order chi connectivity index (χ1) is 10.9. The number of thiazole rings is 1. The van der Waals surface area contributed by atoms with E-state index in [0.717, 1.165) is 10.8 Å². The Morgan fingerprint density at radius 2 is 2.13 bits per heavy atom. The van der Waals surface area contributed by atoms with Gasteiger partial charge >= 0.3 is 5.97 Å². The minimum Gasteiger partial charge on any atom is -0.468 e. The zero-order chi connectivity index (χ0) is 17.0. The van der Waals surface area contributed by atoms with Gasteiger partial charge in [-0.15, -0.1) is 11.3 Å². The van der Waals surface area contributed by atoms with E-state index in [1.54, 1.807) is 0 Å². The van der Waals surface area contributed by atoms with E-state index < -0.39 is 5.97 Å². The molecule has 0 radical (unpaired) electrons. The van der Waals surface area contributed by atoms with Crippen LogP contribution in [-0.2, 0) is 20.7 Å². The standard InChI is InChI=1S/C16H20N2O4S/c1-10(2)18(8-15(20)21-4)14(19)7-12-9-23-16(17-12)13-6-5-11(3)22-13/h5-6,9-10H,7-8H2,1-4H3. The molecule has 0 aliphatic rings. The summed E-state index contributed by atoms with van der Waals surface area (Å²) in [5.74, 6) is 0.924. The lowest BCUT2D eigenvalue weighted by molar-refractivity contribution is -0.148. The van der Waals surface area contributed by atoms with E-state index in [1.807, 2.05) is 38.3 Å². The van der Waals surface area contributed by atoms with E-state index in [2.05, 4.69) is 9.72 Å². The Labute approximate surface area is 139 Å². The number of nitrogens with zero attached hydrogens (tertiary/aromatic N) is 2. The number of aromatic nitrogens is 1. The van der Waals surface area contributed by atoms with Gasteiger partial charge in [0.15, 0.2) is 10.8 Å². The van der Waals surface area contributed by atoms with Crippen molar-refractivity contribution in [3.05, 3.63) is 29.0 Å². The van der Waals surface area contributed by atoms with Crippen LogP contribution in [0.2, 0.25) is 0 Å². The summed E-state index contributed by atoms with van der Waals surface area (Å²) in [6, 6.07) is 3.64. The summed E-state index contributed by atoms with van der Waals surface area (Å²) >= 11 is 1.43. The Kier molecular flexibility index (Phi) is 5.54. The fraction of sp³-hybridized carbons (Fsp3) is 0.438. The first kappa shape index (κ1) is 17.2. The lowest BCUT2D eigenvalue weighted by Crippen LogP contribution is -2.41. The number of ether oxygens (including phenoxy) is 1. The van der Waals surface area contributed by atoms with Crippen molar-refractivity contribution in [2.24, 2.45) is 0 Å². The van der Waals surface area contributed by atoms with Crippen LogP contribution >= 0.6 is 11.3 Å². The van der Waals surface area contributed by atoms with Gasteiger partial charge in [-0.2, -0.15) is 0 Å². The second-order valence-electron chi connectivity index (χ2n) is 5.42. The van der Waals surface area contributed by atoms with Crippen molar-refractivity contribution in [2.75, 3.05) is 13.7 Å². The van der Waals surface area contributed by atoms with Crippen LogP contribution in [0, 0.1) is 6.92 Å². The third-order valence-electron chi connectivity index (χ3n) is 3.31. The van der Waals surface area contributed by atoms with E-state index in [1.165, 1.54) is 23.3 Å². The summed E-state index contributed by atoms with van der Waals surface area (Å²) in [4.78, 5) is 29.8. The summed E-state index contributed by atoms with van der Waals surface area (Å²) in [6.07, 6.45) is 0.144. The maximum Gasteiger partial charge on any atom is 0.325 e. The molecule has 1 amide bonds. The summed E-state index contributed by atoms with van der Waals surface area (Å²) in [5.41, 5.74) is 0.666. The van der Waals surface area contributed by atoms with Gasteiger partial charge in [-0.05, 0) is 32.9 Å². The molecule has 0 N–H and O–H groups in total. The highest BCUT2D eigenvalue weighted by atomic mass is 32.1. The van der Waals surface area contributed by atoms with Gasteiger partial charge in [-0.3, -0.25) is 9.59 Å². The minimum atomic E-state index is -0.433. The SMILES string of the molecule is COC(=O)CN(C(=O)Cc1csc(-c2ccc(C)o2)n1)C(C)C. The van der Waals surface area contributed by atoms with Crippen LogP contribution in [0.25, 0.3) is 10.8 Å². The summed E-state index contributed by atoms with van der Waals surface area (Å²) in [6.45, 7) is 5.54. The number of esters is 1. The number of hydrogen-bond donors (Lipinski definition) is 0. The molecule has 0 unspecified atom stereocenters. The van der Waals surface area contributed by atoms with Crippen molar-refractivity contribution in [1.82, 2.24) is 9.88 Å². The molecule has 0 bridgehead atoms. The first-order valence-corrected chi connectivity index (χ1v) is 8.16. The van der Waals surface area contributed by atoms with Gasteiger partial charge in [0, 0.05) is 11.4 Å². The fourth-order valence-electron chi connectivity index (χ4n) is 2.07. The molecule has 0 fully saturated rings. The Morgan fingerprint density at radius 1 is 1.39 bits per heavy atom. The van der Waals surface area contributed by atoms with Gasteiger partial charge in [0.25, 0.3) is 0 Å². The number of rotatable bonds is 6. The molecule has 2 aromatic heterocycles. The fourth-order valence-corrected chi connectivity index (χ4v) is 2.85. The van der Waals surface area contributed by atoms with Crippen LogP contribution in [0.3, 0.4) is 0 Å². The number of amides is 1. The maximum absolute atomic E-state index is 12.4. The number of carbonyl (C=O) groups is 2. The van der Waals surface area contributed by atoms with Crippen LogP contribution in [0.15, 0.2) is 21.9 Å². The molecule has 0 atom stereocenters. The highest BCUT2D eigenvalue weighted by Gasteiger charge is 2.22. The molecule has 124 valence electrons. The van der Waals surface area contributed by atoms with Gasteiger partial charge in [0.1, 0.15) is 12.3 Å². The number of carbonyl (C=O) groups excluding carboxylic acids is 2. The molecule has 2 aromatic rings. The smallest absolute Gasteiger partial charge is 0.325 e. The monoisotopic (exact) mass is 336 g/mol. The van der Waals surface area contributed by atoms with E-state index in [4.69, 9.17) is 4.42 Å². The number of methoxy groups -OCH3 is 1. The van der Waals surface area contributed by atoms with Crippen molar-refractivity contribution >= 4 is 23.2 Å². The van der Waals surface area contributed by atoms with Crippen LogP contribution in [0.5, 0.6) is 0 Å². The molecular weight excluding hydrogens is 316 g/mol. The molecule has 2 rings (SSSR count).